The molecule has 0 aliphatic heterocycles. The molecule has 1 heterocycles. The first-order valence-corrected chi connectivity index (χ1v) is 4.35. The maximum Gasteiger partial charge on any atom is 0.174 e. The number of carbonyl (C=O) groups excluding carboxylic acids is 1. The summed E-state index contributed by atoms with van der Waals surface area (Å²) in [5.41, 5.74) is 0.742. The van der Waals surface area contributed by atoms with Crippen LogP contribution in [0.2, 0.25) is 0 Å². The van der Waals surface area contributed by atoms with Crippen molar-refractivity contribution in [2.45, 2.75) is 0 Å². The van der Waals surface area contributed by atoms with Crippen LogP contribution in [-0.2, 0) is 0 Å². The maximum atomic E-state index is 11.2. The Morgan fingerprint density at radius 2 is 2.50 bits per heavy atom. The second-order valence-corrected chi connectivity index (χ2v) is 2.65. The van der Waals surface area contributed by atoms with Gasteiger partial charge in [0.2, 0.25) is 0 Å². The highest BCUT2D eigenvalue weighted by Gasteiger charge is 2.08. The molecule has 0 N–H and O–H groups in total. The van der Waals surface area contributed by atoms with Crippen molar-refractivity contribution in [3.05, 3.63) is 29.6 Å². The number of aromatic nitrogens is 1. The van der Waals surface area contributed by atoms with E-state index in [4.69, 9.17) is 5.26 Å². The Balaban J connectivity index is 3.16. The summed E-state index contributed by atoms with van der Waals surface area (Å²) in [5, 5.41) is 8.83. The van der Waals surface area contributed by atoms with Gasteiger partial charge >= 0.3 is 0 Å². The van der Waals surface area contributed by atoms with Crippen LogP contribution >= 0.6 is 15.9 Å². The molecular weight excluding hydrogens is 220 g/mol. The second-order valence-electron chi connectivity index (χ2n) is 2.09. The minimum absolute atomic E-state index is 0.103. The molecule has 0 radical (unpaired) electrons. The van der Waals surface area contributed by atoms with E-state index in [1.807, 2.05) is 6.07 Å². The largest absolute Gasteiger partial charge is 0.293 e. The van der Waals surface area contributed by atoms with E-state index in [0.29, 0.717) is 11.1 Å². The quantitative estimate of drug-likeness (QED) is 0.566. The lowest BCUT2D eigenvalue weighted by atomic mass is 10.1. The molecule has 60 valence electrons. The van der Waals surface area contributed by atoms with Gasteiger partial charge in [0.15, 0.2) is 5.78 Å². The number of pyridine rings is 1. The van der Waals surface area contributed by atoms with Crippen LogP contribution in [0.25, 0.3) is 0 Å². The summed E-state index contributed by atoms with van der Waals surface area (Å²) in [7, 11) is 0. The van der Waals surface area contributed by atoms with Crippen LogP contribution < -0.4 is 0 Å². The van der Waals surface area contributed by atoms with Crippen LogP contribution in [0.4, 0.5) is 0 Å². The van der Waals surface area contributed by atoms with Gasteiger partial charge in [-0.25, -0.2) is 0 Å². The number of alkyl halides is 1. The summed E-state index contributed by atoms with van der Waals surface area (Å²) >= 11 is 3.04. The summed E-state index contributed by atoms with van der Waals surface area (Å²) in [5.74, 6) is -0.103. The minimum atomic E-state index is -0.103. The van der Waals surface area contributed by atoms with Gasteiger partial charge in [-0.1, -0.05) is 15.9 Å². The Labute approximate surface area is 78.2 Å². The molecule has 0 spiro atoms. The standard InChI is InChI=1S/C8H5BrN2O/c9-3-8(12)7-1-2-11-5-6(7)4-10/h1-2,5H,3H2. The van der Waals surface area contributed by atoms with E-state index in [2.05, 4.69) is 20.9 Å². The van der Waals surface area contributed by atoms with Crippen LogP contribution in [0.3, 0.4) is 0 Å². The Hall–Kier alpha value is -1.21. The highest BCUT2D eigenvalue weighted by Crippen LogP contribution is 2.07. The van der Waals surface area contributed by atoms with Gasteiger partial charge in [-0.05, 0) is 6.07 Å². The molecule has 0 aliphatic rings. The van der Waals surface area contributed by atoms with E-state index in [0.717, 1.165) is 0 Å². The molecular formula is C8H5BrN2O. The first kappa shape index (κ1) is 8.88. The predicted molar refractivity (Wildman–Crippen MR) is 47.1 cm³/mol. The molecule has 12 heavy (non-hydrogen) atoms. The summed E-state index contributed by atoms with van der Waals surface area (Å²) < 4.78 is 0. The summed E-state index contributed by atoms with van der Waals surface area (Å²) in [6.45, 7) is 0. The molecule has 0 unspecified atom stereocenters. The Morgan fingerprint density at radius 3 is 3.08 bits per heavy atom. The average Bonchev–Trinajstić information content (AvgIpc) is 2.16. The molecule has 0 bridgehead atoms. The molecule has 1 aromatic rings. The Kier molecular flexibility index (Phi) is 2.94. The summed E-state index contributed by atoms with van der Waals surface area (Å²) in [4.78, 5) is 14.9. The number of hydrogen-bond acceptors (Lipinski definition) is 3. The lowest BCUT2D eigenvalue weighted by molar-refractivity contribution is 0.102. The highest BCUT2D eigenvalue weighted by molar-refractivity contribution is 9.09. The number of carbonyl (C=O) groups is 1. The summed E-state index contributed by atoms with van der Waals surface area (Å²) in [6.07, 6.45) is 2.88. The Morgan fingerprint density at radius 1 is 1.75 bits per heavy atom. The average molecular weight is 225 g/mol. The number of rotatable bonds is 2. The van der Waals surface area contributed by atoms with Gasteiger partial charge in [-0.3, -0.25) is 9.78 Å². The number of Topliss-reactive ketones (excluding diaryl/α,β-unsaturated/α-hetero) is 1. The third-order valence-electron chi connectivity index (χ3n) is 1.36. The fourth-order valence-electron chi connectivity index (χ4n) is 0.799. The molecule has 0 aliphatic carbocycles. The van der Waals surface area contributed by atoms with Gasteiger partial charge < -0.3 is 0 Å². The van der Waals surface area contributed by atoms with Crippen LogP contribution in [0.15, 0.2) is 18.5 Å². The highest BCUT2D eigenvalue weighted by atomic mass is 79.9. The van der Waals surface area contributed by atoms with Gasteiger partial charge in [0.25, 0.3) is 0 Å². The number of nitriles is 1. The van der Waals surface area contributed by atoms with Crippen molar-refractivity contribution in [1.82, 2.24) is 4.98 Å². The molecule has 0 saturated carbocycles. The van der Waals surface area contributed by atoms with E-state index in [1.54, 1.807) is 6.07 Å². The minimum Gasteiger partial charge on any atom is -0.293 e. The number of nitrogens with zero attached hydrogens (tertiary/aromatic N) is 2. The fourth-order valence-corrected chi connectivity index (χ4v) is 1.10. The van der Waals surface area contributed by atoms with Crippen molar-refractivity contribution in [2.75, 3.05) is 5.33 Å². The number of ketones is 1. The van der Waals surface area contributed by atoms with E-state index < -0.39 is 0 Å². The van der Waals surface area contributed by atoms with E-state index in [1.165, 1.54) is 12.4 Å². The molecule has 1 aromatic heterocycles. The van der Waals surface area contributed by atoms with Crippen LogP contribution in [-0.4, -0.2) is 16.1 Å². The Bertz CT molecular complexity index is 343. The van der Waals surface area contributed by atoms with Crippen molar-refractivity contribution in [3.8, 4) is 6.07 Å². The zero-order valence-corrected chi connectivity index (χ0v) is 7.71. The molecule has 0 amide bonds. The molecule has 3 nitrogen and oxygen atoms in total. The second kappa shape index (κ2) is 3.98. The van der Waals surface area contributed by atoms with E-state index >= 15 is 0 Å². The molecule has 0 fully saturated rings. The fraction of sp³-hybridized carbons (Fsp3) is 0.125. The van der Waals surface area contributed by atoms with Crippen molar-refractivity contribution in [3.63, 3.8) is 0 Å². The number of hydrogen-bond donors (Lipinski definition) is 0. The predicted octanol–water partition coefficient (Wildman–Crippen LogP) is 1.53. The smallest absolute Gasteiger partial charge is 0.174 e. The maximum absolute atomic E-state index is 11.2. The van der Waals surface area contributed by atoms with Crippen molar-refractivity contribution in [2.24, 2.45) is 0 Å². The SMILES string of the molecule is N#Cc1cnccc1C(=O)CBr. The lowest BCUT2D eigenvalue weighted by Crippen LogP contribution is -2.02. The topological polar surface area (TPSA) is 53.8 Å². The lowest BCUT2D eigenvalue weighted by Gasteiger charge is -1.97. The van der Waals surface area contributed by atoms with Gasteiger partial charge in [0, 0.05) is 18.0 Å². The normalized spacial score (nSPS) is 9.00. The number of halogens is 1. The van der Waals surface area contributed by atoms with Gasteiger partial charge in [0.05, 0.1) is 10.9 Å². The summed E-state index contributed by atoms with van der Waals surface area (Å²) in [6, 6.07) is 3.45. The molecule has 0 saturated heterocycles. The third-order valence-corrected chi connectivity index (χ3v) is 1.87. The van der Waals surface area contributed by atoms with Crippen LogP contribution in [0, 0.1) is 11.3 Å². The zero-order valence-electron chi connectivity index (χ0n) is 6.12. The van der Waals surface area contributed by atoms with Crippen LogP contribution in [0.1, 0.15) is 15.9 Å². The van der Waals surface area contributed by atoms with Crippen molar-refractivity contribution >= 4 is 21.7 Å². The van der Waals surface area contributed by atoms with Crippen LogP contribution in [0.5, 0.6) is 0 Å². The monoisotopic (exact) mass is 224 g/mol. The van der Waals surface area contributed by atoms with Gasteiger partial charge in [-0.15, -0.1) is 0 Å². The molecule has 0 atom stereocenters. The van der Waals surface area contributed by atoms with Crippen molar-refractivity contribution in [1.29, 1.82) is 5.26 Å². The van der Waals surface area contributed by atoms with Gasteiger partial charge in [0.1, 0.15) is 6.07 Å². The first-order chi connectivity index (χ1) is 5.79. The molecule has 1 rings (SSSR count). The van der Waals surface area contributed by atoms with Gasteiger partial charge in [-0.2, -0.15) is 5.26 Å². The molecule has 4 heteroatoms. The van der Waals surface area contributed by atoms with E-state index in [9.17, 15) is 4.79 Å². The molecule has 0 aromatic carbocycles. The third kappa shape index (κ3) is 1.69. The zero-order chi connectivity index (χ0) is 8.97. The van der Waals surface area contributed by atoms with Crippen molar-refractivity contribution < 1.29 is 4.79 Å². The first-order valence-electron chi connectivity index (χ1n) is 3.23. The van der Waals surface area contributed by atoms with E-state index in [-0.39, 0.29) is 11.1 Å².